The van der Waals surface area contributed by atoms with Crippen LogP contribution in [0.5, 0.6) is 0 Å². The molecule has 0 heterocycles. The molecule has 1 aromatic carbocycles. The van der Waals surface area contributed by atoms with Crippen LogP contribution in [0.2, 0.25) is 0 Å². The molecule has 0 saturated heterocycles. The fraction of sp³-hybridized carbons (Fsp3) is 0.533. The average molecular weight is 328 g/mol. The lowest BCUT2D eigenvalue weighted by Crippen LogP contribution is -2.27. The topological polar surface area (TPSA) is 38.3 Å². The van der Waals surface area contributed by atoms with Gasteiger partial charge in [0.25, 0.3) is 0 Å². The first-order chi connectivity index (χ1) is 8.81. The zero-order valence-electron chi connectivity index (χ0n) is 12.0. The van der Waals surface area contributed by atoms with Gasteiger partial charge in [-0.3, -0.25) is 5.32 Å². The van der Waals surface area contributed by atoms with E-state index in [-0.39, 0.29) is 0 Å². The molecule has 1 rings (SSSR count). The normalized spacial score (nSPS) is 11.2. The van der Waals surface area contributed by atoms with Gasteiger partial charge in [-0.25, -0.2) is 4.79 Å². The van der Waals surface area contributed by atoms with Crippen LogP contribution in [-0.4, -0.2) is 11.7 Å². The lowest BCUT2D eigenvalue weighted by atomic mass is 10.1. The number of benzene rings is 1. The number of hydrogen-bond acceptors (Lipinski definition) is 2. The lowest BCUT2D eigenvalue weighted by molar-refractivity contribution is 0.0636. The molecule has 0 saturated carbocycles. The minimum Gasteiger partial charge on any atom is -0.444 e. The third-order valence-corrected chi connectivity index (χ3v) is 3.00. The van der Waals surface area contributed by atoms with Crippen LogP contribution in [-0.2, 0) is 11.2 Å². The smallest absolute Gasteiger partial charge is 0.412 e. The van der Waals surface area contributed by atoms with Gasteiger partial charge in [0.05, 0.1) is 0 Å². The van der Waals surface area contributed by atoms with Gasteiger partial charge in [-0.05, 0) is 51.3 Å². The Hall–Kier alpha value is -1.03. The van der Waals surface area contributed by atoms with E-state index in [0.717, 1.165) is 35.0 Å². The van der Waals surface area contributed by atoms with Gasteiger partial charge in [-0.2, -0.15) is 0 Å². The molecule has 1 N–H and O–H groups in total. The maximum atomic E-state index is 11.8. The molecule has 0 aliphatic carbocycles. The Morgan fingerprint density at radius 2 is 2.05 bits per heavy atom. The summed E-state index contributed by atoms with van der Waals surface area (Å²) in [5.74, 6) is 0. The van der Waals surface area contributed by atoms with Crippen molar-refractivity contribution in [2.24, 2.45) is 0 Å². The van der Waals surface area contributed by atoms with E-state index in [1.165, 1.54) is 0 Å². The summed E-state index contributed by atoms with van der Waals surface area (Å²) in [5, 5.41) is 2.83. The van der Waals surface area contributed by atoms with Crippen molar-refractivity contribution < 1.29 is 9.53 Å². The van der Waals surface area contributed by atoms with Gasteiger partial charge in [0.15, 0.2) is 0 Å². The number of nitrogens with one attached hydrogen (secondary N) is 1. The lowest BCUT2D eigenvalue weighted by Gasteiger charge is -2.20. The molecule has 0 bridgehead atoms. The van der Waals surface area contributed by atoms with Crippen LogP contribution in [0.15, 0.2) is 22.7 Å². The highest BCUT2D eigenvalue weighted by Crippen LogP contribution is 2.24. The number of halogens is 1. The summed E-state index contributed by atoms with van der Waals surface area (Å²) in [6.45, 7) is 7.71. The third-order valence-electron chi connectivity index (χ3n) is 2.51. The standard InChI is InChI=1S/C15H22BrNO2/c1-5-6-7-11-8-9-12(16)10-13(11)17-14(18)19-15(2,3)4/h8-10H,5-7H2,1-4H3,(H,17,18). The second-order valence-electron chi connectivity index (χ2n) is 5.53. The number of anilines is 1. The second-order valence-corrected chi connectivity index (χ2v) is 6.45. The van der Waals surface area contributed by atoms with E-state index in [1.54, 1.807) is 0 Å². The van der Waals surface area contributed by atoms with Crippen molar-refractivity contribution in [3.05, 3.63) is 28.2 Å². The van der Waals surface area contributed by atoms with Crippen molar-refractivity contribution in [1.82, 2.24) is 0 Å². The maximum absolute atomic E-state index is 11.8. The molecule has 106 valence electrons. The van der Waals surface area contributed by atoms with Crippen LogP contribution in [0.25, 0.3) is 0 Å². The monoisotopic (exact) mass is 327 g/mol. The Kier molecular flexibility index (Phi) is 5.85. The molecule has 0 aromatic heterocycles. The Morgan fingerprint density at radius 1 is 1.37 bits per heavy atom. The van der Waals surface area contributed by atoms with Gasteiger partial charge in [-0.15, -0.1) is 0 Å². The van der Waals surface area contributed by atoms with Crippen LogP contribution in [0, 0.1) is 0 Å². The average Bonchev–Trinajstić information content (AvgIpc) is 2.25. The molecular weight excluding hydrogens is 306 g/mol. The molecule has 1 amide bonds. The molecule has 3 nitrogen and oxygen atoms in total. The predicted molar refractivity (Wildman–Crippen MR) is 82.6 cm³/mol. The highest BCUT2D eigenvalue weighted by Gasteiger charge is 2.17. The number of aryl methyl sites for hydroxylation is 1. The van der Waals surface area contributed by atoms with Gasteiger partial charge in [0, 0.05) is 10.2 Å². The van der Waals surface area contributed by atoms with Crippen molar-refractivity contribution in [2.45, 2.75) is 52.6 Å². The van der Waals surface area contributed by atoms with Gasteiger partial charge < -0.3 is 4.74 Å². The molecule has 0 aliphatic heterocycles. The SMILES string of the molecule is CCCCc1ccc(Br)cc1NC(=O)OC(C)(C)C. The van der Waals surface area contributed by atoms with Crippen LogP contribution < -0.4 is 5.32 Å². The molecule has 0 spiro atoms. The number of carbonyl (C=O) groups excluding carboxylic acids is 1. The molecule has 19 heavy (non-hydrogen) atoms. The van der Waals surface area contributed by atoms with Gasteiger partial charge in [0.1, 0.15) is 5.60 Å². The molecule has 1 aromatic rings. The maximum Gasteiger partial charge on any atom is 0.412 e. The Bertz CT molecular complexity index is 438. The summed E-state index contributed by atoms with van der Waals surface area (Å²) in [6.07, 6.45) is 2.77. The zero-order chi connectivity index (χ0) is 14.5. The van der Waals surface area contributed by atoms with E-state index in [2.05, 4.69) is 28.2 Å². The highest BCUT2D eigenvalue weighted by molar-refractivity contribution is 9.10. The second kappa shape index (κ2) is 6.94. The first-order valence-corrected chi connectivity index (χ1v) is 7.39. The van der Waals surface area contributed by atoms with Crippen molar-refractivity contribution in [2.75, 3.05) is 5.32 Å². The number of amides is 1. The number of hydrogen-bond donors (Lipinski definition) is 1. The fourth-order valence-electron chi connectivity index (χ4n) is 1.66. The van der Waals surface area contributed by atoms with E-state index in [1.807, 2.05) is 39.0 Å². The van der Waals surface area contributed by atoms with Crippen LogP contribution in [0.3, 0.4) is 0 Å². The quantitative estimate of drug-likeness (QED) is 0.831. The molecule has 4 heteroatoms. The number of rotatable bonds is 4. The Morgan fingerprint density at radius 3 is 2.63 bits per heavy atom. The number of carbonyl (C=O) groups is 1. The van der Waals surface area contributed by atoms with Crippen molar-refractivity contribution in [3.8, 4) is 0 Å². The number of ether oxygens (including phenoxy) is 1. The molecule has 0 atom stereocenters. The van der Waals surface area contributed by atoms with Crippen LogP contribution in [0.4, 0.5) is 10.5 Å². The van der Waals surface area contributed by atoms with Gasteiger partial charge >= 0.3 is 6.09 Å². The first-order valence-electron chi connectivity index (χ1n) is 6.60. The third kappa shape index (κ3) is 6.10. The minimum atomic E-state index is -0.486. The minimum absolute atomic E-state index is 0.414. The molecule has 0 radical (unpaired) electrons. The Labute approximate surface area is 123 Å². The summed E-state index contributed by atoms with van der Waals surface area (Å²) >= 11 is 3.42. The van der Waals surface area contributed by atoms with Crippen LogP contribution >= 0.6 is 15.9 Å². The van der Waals surface area contributed by atoms with E-state index >= 15 is 0 Å². The van der Waals surface area contributed by atoms with Crippen LogP contribution in [0.1, 0.15) is 46.1 Å². The van der Waals surface area contributed by atoms with Gasteiger partial charge in [-0.1, -0.05) is 35.3 Å². The zero-order valence-corrected chi connectivity index (χ0v) is 13.6. The van der Waals surface area contributed by atoms with Crippen molar-refractivity contribution >= 4 is 27.7 Å². The summed E-state index contributed by atoms with van der Waals surface area (Å²) < 4.78 is 6.22. The molecule has 0 fully saturated rings. The summed E-state index contributed by atoms with van der Waals surface area (Å²) in [5.41, 5.74) is 1.47. The summed E-state index contributed by atoms with van der Waals surface area (Å²) in [6, 6.07) is 5.94. The van der Waals surface area contributed by atoms with E-state index in [0.29, 0.717) is 0 Å². The van der Waals surface area contributed by atoms with Gasteiger partial charge in [0.2, 0.25) is 0 Å². The van der Waals surface area contributed by atoms with Crippen molar-refractivity contribution in [3.63, 3.8) is 0 Å². The van der Waals surface area contributed by atoms with E-state index < -0.39 is 11.7 Å². The highest BCUT2D eigenvalue weighted by atomic mass is 79.9. The largest absolute Gasteiger partial charge is 0.444 e. The predicted octanol–water partition coefficient (Wildman–Crippen LogP) is 5.14. The van der Waals surface area contributed by atoms with E-state index in [4.69, 9.17) is 4.74 Å². The first kappa shape index (κ1) is 16.0. The fourth-order valence-corrected chi connectivity index (χ4v) is 2.02. The van der Waals surface area contributed by atoms with Crippen molar-refractivity contribution in [1.29, 1.82) is 0 Å². The summed E-state index contributed by atoms with van der Waals surface area (Å²) in [4.78, 5) is 11.8. The molecular formula is C15H22BrNO2. The Balaban J connectivity index is 2.80. The molecule has 0 aliphatic rings. The van der Waals surface area contributed by atoms with E-state index in [9.17, 15) is 4.79 Å². The molecule has 0 unspecified atom stereocenters. The summed E-state index contributed by atoms with van der Waals surface area (Å²) in [7, 11) is 0. The number of unbranched alkanes of at least 4 members (excludes halogenated alkanes) is 1.